The van der Waals surface area contributed by atoms with Gasteiger partial charge in [0.15, 0.2) is 0 Å². The van der Waals surface area contributed by atoms with E-state index in [0.717, 1.165) is 31.6 Å². The minimum absolute atomic E-state index is 0.0619. The molecule has 110 valence electrons. The van der Waals surface area contributed by atoms with E-state index in [0.29, 0.717) is 11.7 Å². The van der Waals surface area contributed by atoms with E-state index in [1.807, 2.05) is 26.2 Å². The highest BCUT2D eigenvalue weighted by atomic mass is 16.1. The van der Waals surface area contributed by atoms with Gasteiger partial charge in [0.1, 0.15) is 5.69 Å². The van der Waals surface area contributed by atoms with Crippen LogP contribution >= 0.6 is 0 Å². The van der Waals surface area contributed by atoms with Crippen molar-refractivity contribution in [1.82, 2.24) is 15.2 Å². The van der Waals surface area contributed by atoms with Gasteiger partial charge in [0.2, 0.25) is 0 Å². The van der Waals surface area contributed by atoms with Crippen molar-refractivity contribution in [3.05, 3.63) is 24.0 Å². The van der Waals surface area contributed by atoms with Gasteiger partial charge in [-0.2, -0.15) is 0 Å². The lowest BCUT2D eigenvalue weighted by molar-refractivity contribution is 0.0933. The Labute approximate surface area is 120 Å². The van der Waals surface area contributed by atoms with Crippen molar-refractivity contribution in [2.75, 3.05) is 32.5 Å². The molecular weight excluding hydrogens is 252 g/mol. The average Bonchev–Trinajstić information content (AvgIpc) is 2.91. The molecule has 1 aliphatic carbocycles. The molecule has 0 atom stereocenters. The van der Waals surface area contributed by atoms with Crippen LogP contribution in [0.2, 0.25) is 0 Å². The maximum Gasteiger partial charge on any atom is 0.270 e. The lowest BCUT2D eigenvalue weighted by Gasteiger charge is -2.13. The predicted molar refractivity (Wildman–Crippen MR) is 81.0 cm³/mol. The lowest BCUT2D eigenvalue weighted by atomic mass is 10.2. The molecule has 1 aromatic rings. The number of anilines is 1. The smallest absolute Gasteiger partial charge is 0.270 e. The summed E-state index contributed by atoms with van der Waals surface area (Å²) in [5.74, 6) is -0.0619. The minimum atomic E-state index is -0.0619. The van der Waals surface area contributed by atoms with Crippen molar-refractivity contribution >= 4 is 11.6 Å². The molecule has 0 spiro atoms. The molecule has 0 aromatic carbocycles. The molecule has 1 amide bonds. The normalized spacial score (nSPS) is 15.6. The molecule has 20 heavy (non-hydrogen) atoms. The Kier molecular flexibility index (Phi) is 5.35. The van der Waals surface area contributed by atoms with E-state index < -0.39 is 0 Å². The van der Waals surface area contributed by atoms with Crippen molar-refractivity contribution in [1.29, 1.82) is 0 Å². The first-order valence-corrected chi connectivity index (χ1v) is 7.30. The third kappa shape index (κ3) is 4.49. The summed E-state index contributed by atoms with van der Waals surface area (Å²) >= 11 is 0. The van der Waals surface area contributed by atoms with Gasteiger partial charge in [-0.25, -0.2) is 0 Å². The van der Waals surface area contributed by atoms with E-state index in [1.54, 1.807) is 6.20 Å². The lowest BCUT2D eigenvalue weighted by Crippen LogP contribution is -2.33. The number of hydrogen-bond donors (Lipinski definition) is 2. The van der Waals surface area contributed by atoms with E-state index in [9.17, 15) is 4.79 Å². The molecule has 0 radical (unpaired) electrons. The molecule has 2 N–H and O–H groups in total. The summed E-state index contributed by atoms with van der Waals surface area (Å²) < 4.78 is 0. The number of amides is 1. The van der Waals surface area contributed by atoms with Crippen LogP contribution in [0.1, 0.15) is 36.2 Å². The number of carbonyl (C=O) groups is 1. The Morgan fingerprint density at radius 3 is 2.85 bits per heavy atom. The zero-order chi connectivity index (χ0) is 14.4. The van der Waals surface area contributed by atoms with Crippen molar-refractivity contribution in [3.8, 4) is 0 Å². The van der Waals surface area contributed by atoms with Crippen molar-refractivity contribution in [3.63, 3.8) is 0 Å². The topological polar surface area (TPSA) is 57.3 Å². The highest BCUT2D eigenvalue weighted by molar-refractivity contribution is 5.93. The average molecular weight is 276 g/mol. The first-order chi connectivity index (χ1) is 9.65. The molecule has 0 saturated heterocycles. The fourth-order valence-corrected chi connectivity index (χ4v) is 2.42. The van der Waals surface area contributed by atoms with Gasteiger partial charge in [0, 0.05) is 31.0 Å². The SMILES string of the molecule is CN(C)CCNc1ccnc(C(=O)NC2CCCC2)c1. The van der Waals surface area contributed by atoms with Crippen molar-refractivity contribution < 1.29 is 4.79 Å². The molecular formula is C15H24N4O. The Morgan fingerprint density at radius 2 is 2.15 bits per heavy atom. The first kappa shape index (κ1) is 14.8. The van der Waals surface area contributed by atoms with Gasteiger partial charge in [-0.15, -0.1) is 0 Å². The zero-order valence-electron chi connectivity index (χ0n) is 12.4. The molecule has 2 rings (SSSR count). The number of hydrogen-bond acceptors (Lipinski definition) is 4. The number of nitrogens with one attached hydrogen (secondary N) is 2. The maximum atomic E-state index is 12.1. The fraction of sp³-hybridized carbons (Fsp3) is 0.600. The highest BCUT2D eigenvalue weighted by Gasteiger charge is 2.18. The van der Waals surface area contributed by atoms with Gasteiger partial charge < -0.3 is 15.5 Å². The van der Waals surface area contributed by atoms with E-state index >= 15 is 0 Å². The van der Waals surface area contributed by atoms with Gasteiger partial charge in [0.25, 0.3) is 5.91 Å². The summed E-state index contributed by atoms with van der Waals surface area (Å²) in [6, 6.07) is 4.04. The third-order valence-corrected chi connectivity index (χ3v) is 3.57. The van der Waals surface area contributed by atoms with E-state index in [1.165, 1.54) is 12.8 Å². The molecule has 0 aliphatic heterocycles. The van der Waals surface area contributed by atoms with Gasteiger partial charge in [0.05, 0.1) is 0 Å². The molecule has 5 nitrogen and oxygen atoms in total. The summed E-state index contributed by atoms with van der Waals surface area (Å²) in [7, 11) is 4.07. The second-order valence-electron chi connectivity index (χ2n) is 5.61. The summed E-state index contributed by atoms with van der Waals surface area (Å²) in [6.07, 6.45) is 6.29. The van der Waals surface area contributed by atoms with Gasteiger partial charge >= 0.3 is 0 Å². The number of nitrogens with zero attached hydrogens (tertiary/aromatic N) is 2. The van der Waals surface area contributed by atoms with Crippen LogP contribution in [0.5, 0.6) is 0 Å². The second-order valence-corrected chi connectivity index (χ2v) is 5.61. The highest BCUT2D eigenvalue weighted by Crippen LogP contribution is 2.18. The van der Waals surface area contributed by atoms with Crippen LogP contribution in [0.25, 0.3) is 0 Å². The molecule has 1 fully saturated rings. The number of rotatable bonds is 6. The summed E-state index contributed by atoms with van der Waals surface area (Å²) in [4.78, 5) is 18.4. The number of carbonyl (C=O) groups excluding carboxylic acids is 1. The fourth-order valence-electron chi connectivity index (χ4n) is 2.42. The number of aromatic nitrogens is 1. The van der Waals surface area contributed by atoms with E-state index in [-0.39, 0.29) is 5.91 Å². The molecule has 0 bridgehead atoms. The number of likely N-dealkylation sites (N-methyl/N-ethyl adjacent to an activating group) is 1. The Hall–Kier alpha value is -1.62. The van der Waals surface area contributed by atoms with E-state index in [4.69, 9.17) is 0 Å². The molecule has 1 heterocycles. The van der Waals surface area contributed by atoms with Crippen LogP contribution in [0.4, 0.5) is 5.69 Å². The van der Waals surface area contributed by atoms with Gasteiger partial charge in [-0.05, 0) is 39.1 Å². The quantitative estimate of drug-likeness (QED) is 0.831. The number of pyridine rings is 1. The minimum Gasteiger partial charge on any atom is -0.384 e. The Balaban J connectivity index is 1.89. The molecule has 0 unspecified atom stereocenters. The predicted octanol–water partition coefficient (Wildman–Crippen LogP) is 1.73. The van der Waals surface area contributed by atoms with Gasteiger partial charge in [-0.3, -0.25) is 9.78 Å². The summed E-state index contributed by atoms with van der Waals surface area (Å²) in [5.41, 5.74) is 1.44. The van der Waals surface area contributed by atoms with Crippen molar-refractivity contribution in [2.24, 2.45) is 0 Å². The maximum absolute atomic E-state index is 12.1. The van der Waals surface area contributed by atoms with Crippen LogP contribution in [0.15, 0.2) is 18.3 Å². The summed E-state index contributed by atoms with van der Waals surface area (Å²) in [6.45, 7) is 1.80. The molecule has 1 aromatic heterocycles. The summed E-state index contributed by atoms with van der Waals surface area (Å²) in [5, 5.41) is 6.36. The molecule has 5 heteroatoms. The zero-order valence-corrected chi connectivity index (χ0v) is 12.4. The van der Waals surface area contributed by atoms with E-state index in [2.05, 4.69) is 20.5 Å². The van der Waals surface area contributed by atoms with Gasteiger partial charge in [-0.1, -0.05) is 12.8 Å². The van der Waals surface area contributed by atoms with Crippen LogP contribution in [-0.4, -0.2) is 49.0 Å². The molecule has 1 saturated carbocycles. The Morgan fingerprint density at radius 1 is 1.40 bits per heavy atom. The monoisotopic (exact) mass is 276 g/mol. The van der Waals surface area contributed by atoms with Crippen molar-refractivity contribution in [2.45, 2.75) is 31.7 Å². The second kappa shape index (κ2) is 7.24. The van der Waals surface area contributed by atoms with Crippen LogP contribution in [0, 0.1) is 0 Å². The van der Waals surface area contributed by atoms with Crippen LogP contribution < -0.4 is 10.6 Å². The van der Waals surface area contributed by atoms with Crippen LogP contribution in [0.3, 0.4) is 0 Å². The third-order valence-electron chi connectivity index (χ3n) is 3.57. The first-order valence-electron chi connectivity index (χ1n) is 7.30. The molecule has 1 aliphatic rings. The largest absolute Gasteiger partial charge is 0.384 e. The van der Waals surface area contributed by atoms with Crippen LogP contribution in [-0.2, 0) is 0 Å². The Bertz CT molecular complexity index is 441. The standard InChI is InChI=1S/C15H24N4O/c1-19(2)10-9-16-13-7-8-17-14(11-13)15(20)18-12-5-3-4-6-12/h7-8,11-12H,3-6,9-10H2,1-2H3,(H,16,17)(H,18,20).